The summed E-state index contributed by atoms with van der Waals surface area (Å²) in [5.41, 5.74) is -0.0589. The Hall–Kier alpha value is -3.51. The van der Waals surface area contributed by atoms with Crippen LogP contribution in [0.5, 0.6) is 28.7 Å². The van der Waals surface area contributed by atoms with E-state index in [9.17, 15) is 50.8 Å². The van der Waals surface area contributed by atoms with Crippen molar-refractivity contribution in [2.24, 2.45) is 0 Å². The summed E-state index contributed by atoms with van der Waals surface area (Å²) in [7, 11) is 1.38. The second kappa shape index (κ2) is 13.4. The standard InChI is InChI=1S/C28H34O15/c1-11-21(34)23(36)25(38)27(40-11)43-26-24(37)22(35)19(10-29)42-28(26)41-13-8-16(32)20(17(33)9-13)14(30)5-3-12-4-6-18(39-2)15(31)7-12/h3-9,11,19,21-29,31-38H,10H2,1-2H3/b5-3+/t11-,19-,21-,22+,23-,24+,25-,26+,27-,28-/m0/s1. The zero-order valence-corrected chi connectivity index (χ0v) is 23.0. The SMILES string of the molecule is COc1ccc(/C=C/C(=O)c2c(O)cc(O[C@H]3O[C@@H](CO)[C@@H](O)[C@@H](O)[C@H]3O[C@@H]3O[C@@H](C)[C@H](O)[C@H](O)[C@@H]3O)cc2O)cc1O. The number of allylic oxidation sites excluding steroid dienone is 1. The van der Waals surface area contributed by atoms with Crippen LogP contribution >= 0.6 is 0 Å². The van der Waals surface area contributed by atoms with Gasteiger partial charge in [-0.3, -0.25) is 4.79 Å². The van der Waals surface area contributed by atoms with Crippen LogP contribution in [0.4, 0.5) is 0 Å². The van der Waals surface area contributed by atoms with Crippen LogP contribution in [-0.4, -0.2) is 127 Å². The van der Waals surface area contributed by atoms with Crippen LogP contribution < -0.4 is 9.47 Å². The van der Waals surface area contributed by atoms with E-state index in [4.69, 9.17) is 23.7 Å². The van der Waals surface area contributed by atoms with E-state index in [-0.39, 0.29) is 17.2 Å². The van der Waals surface area contributed by atoms with Gasteiger partial charge in [-0.1, -0.05) is 12.1 Å². The van der Waals surface area contributed by atoms with Gasteiger partial charge in [-0.25, -0.2) is 0 Å². The van der Waals surface area contributed by atoms with E-state index < -0.39 is 90.9 Å². The molecular formula is C28H34O15. The van der Waals surface area contributed by atoms with E-state index in [2.05, 4.69) is 0 Å². The van der Waals surface area contributed by atoms with Gasteiger partial charge in [0.2, 0.25) is 6.29 Å². The summed E-state index contributed by atoms with van der Waals surface area (Å²) in [6.07, 6.45) is -13.3. The third-order valence-electron chi connectivity index (χ3n) is 7.12. The molecule has 2 aliphatic heterocycles. The summed E-state index contributed by atoms with van der Waals surface area (Å²) < 4.78 is 27.2. The average molecular weight is 611 g/mol. The van der Waals surface area contributed by atoms with Gasteiger partial charge in [0, 0.05) is 12.1 Å². The molecule has 2 aliphatic rings. The number of carbonyl (C=O) groups excluding carboxylic acids is 1. The number of aromatic hydroxyl groups is 3. The summed E-state index contributed by atoms with van der Waals surface area (Å²) in [6.45, 7) is 0.649. The third-order valence-corrected chi connectivity index (χ3v) is 7.12. The van der Waals surface area contributed by atoms with Gasteiger partial charge in [0.1, 0.15) is 59.4 Å². The lowest BCUT2D eigenvalue weighted by Crippen LogP contribution is -2.64. The number of hydrogen-bond donors (Lipinski definition) is 9. The molecule has 0 aromatic heterocycles. The summed E-state index contributed by atoms with van der Waals surface area (Å²) in [6, 6.07) is 6.30. The maximum Gasteiger partial charge on any atom is 0.229 e. The Balaban J connectivity index is 1.55. The van der Waals surface area contributed by atoms with E-state index in [1.807, 2.05) is 0 Å². The number of phenolic OH excluding ortho intramolecular Hbond substituents is 3. The van der Waals surface area contributed by atoms with Crippen LogP contribution in [0.2, 0.25) is 0 Å². The second-order valence-electron chi connectivity index (χ2n) is 10.1. The van der Waals surface area contributed by atoms with Gasteiger partial charge in [-0.15, -0.1) is 0 Å². The van der Waals surface area contributed by atoms with Crippen LogP contribution in [0.15, 0.2) is 36.4 Å². The number of methoxy groups -OCH3 is 1. The highest BCUT2D eigenvalue weighted by molar-refractivity contribution is 6.10. The van der Waals surface area contributed by atoms with Gasteiger partial charge in [0.15, 0.2) is 29.7 Å². The highest BCUT2D eigenvalue weighted by atomic mass is 16.8. The second-order valence-corrected chi connectivity index (χ2v) is 10.1. The zero-order chi connectivity index (χ0) is 31.6. The van der Waals surface area contributed by atoms with Crippen molar-refractivity contribution in [2.45, 2.75) is 68.3 Å². The van der Waals surface area contributed by atoms with E-state index in [0.717, 1.165) is 18.2 Å². The molecule has 43 heavy (non-hydrogen) atoms. The fraction of sp³-hybridized carbons (Fsp3) is 0.464. The molecule has 2 saturated heterocycles. The Bertz CT molecular complexity index is 1290. The molecule has 0 saturated carbocycles. The Morgan fingerprint density at radius 2 is 1.53 bits per heavy atom. The molecule has 0 unspecified atom stereocenters. The minimum Gasteiger partial charge on any atom is -0.507 e. The average Bonchev–Trinajstić information content (AvgIpc) is 2.96. The Morgan fingerprint density at radius 1 is 0.860 bits per heavy atom. The molecule has 0 amide bonds. The van der Waals surface area contributed by atoms with Crippen LogP contribution in [0.25, 0.3) is 6.08 Å². The van der Waals surface area contributed by atoms with Crippen molar-refractivity contribution in [3.8, 4) is 28.7 Å². The minimum absolute atomic E-state index is 0.162. The third kappa shape index (κ3) is 6.85. The molecule has 2 heterocycles. The first kappa shape index (κ1) is 32.4. The fourth-order valence-corrected chi connectivity index (χ4v) is 4.68. The minimum atomic E-state index is -1.79. The maximum absolute atomic E-state index is 12.8. The van der Waals surface area contributed by atoms with Crippen molar-refractivity contribution < 1.29 is 74.4 Å². The highest BCUT2D eigenvalue weighted by Crippen LogP contribution is 2.36. The van der Waals surface area contributed by atoms with E-state index in [1.54, 1.807) is 6.07 Å². The molecule has 0 aliphatic carbocycles. The van der Waals surface area contributed by atoms with Crippen molar-refractivity contribution in [2.75, 3.05) is 13.7 Å². The van der Waals surface area contributed by atoms with Crippen molar-refractivity contribution in [1.29, 1.82) is 0 Å². The molecule has 236 valence electrons. The maximum atomic E-state index is 12.8. The predicted octanol–water partition coefficient (Wildman–Crippen LogP) is -1.26. The normalized spacial score (nSPS) is 32.9. The molecular weight excluding hydrogens is 576 g/mol. The number of carbonyl (C=O) groups is 1. The van der Waals surface area contributed by atoms with E-state index in [1.165, 1.54) is 32.2 Å². The lowest BCUT2D eigenvalue weighted by atomic mass is 9.97. The zero-order valence-electron chi connectivity index (χ0n) is 23.0. The van der Waals surface area contributed by atoms with Crippen LogP contribution in [0.3, 0.4) is 0 Å². The van der Waals surface area contributed by atoms with Gasteiger partial charge in [-0.2, -0.15) is 0 Å². The molecule has 0 radical (unpaired) electrons. The van der Waals surface area contributed by atoms with Gasteiger partial charge in [0.25, 0.3) is 0 Å². The monoisotopic (exact) mass is 610 g/mol. The Labute approximate surface area is 245 Å². The molecule has 9 N–H and O–H groups in total. The number of aliphatic hydroxyl groups is 6. The number of hydrogen-bond acceptors (Lipinski definition) is 15. The summed E-state index contributed by atoms with van der Waals surface area (Å²) in [5, 5.41) is 92.2. The number of rotatable bonds is 9. The number of benzene rings is 2. The van der Waals surface area contributed by atoms with Crippen molar-refractivity contribution in [3.63, 3.8) is 0 Å². The molecule has 2 fully saturated rings. The lowest BCUT2D eigenvalue weighted by molar-refractivity contribution is -0.354. The van der Waals surface area contributed by atoms with Gasteiger partial charge >= 0.3 is 0 Å². The summed E-state index contributed by atoms with van der Waals surface area (Å²) in [5.74, 6) is -2.43. The van der Waals surface area contributed by atoms with Crippen molar-refractivity contribution in [3.05, 3.63) is 47.5 Å². The lowest BCUT2D eigenvalue weighted by Gasteiger charge is -2.45. The van der Waals surface area contributed by atoms with Crippen molar-refractivity contribution in [1.82, 2.24) is 0 Å². The number of phenols is 3. The predicted molar refractivity (Wildman–Crippen MR) is 143 cm³/mol. The molecule has 15 heteroatoms. The van der Waals surface area contributed by atoms with E-state index >= 15 is 0 Å². The summed E-state index contributed by atoms with van der Waals surface area (Å²) >= 11 is 0. The molecule has 0 spiro atoms. The highest BCUT2D eigenvalue weighted by Gasteiger charge is 2.51. The topological polar surface area (TPSA) is 245 Å². The molecule has 2 aromatic rings. The molecule has 0 bridgehead atoms. The van der Waals surface area contributed by atoms with Gasteiger partial charge in [-0.05, 0) is 30.7 Å². The first-order chi connectivity index (χ1) is 20.4. The largest absolute Gasteiger partial charge is 0.507 e. The smallest absolute Gasteiger partial charge is 0.229 e. The first-order valence-electron chi connectivity index (χ1n) is 13.2. The van der Waals surface area contributed by atoms with Crippen LogP contribution in [0, 0.1) is 0 Å². The van der Waals surface area contributed by atoms with E-state index in [0.29, 0.717) is 5.56 Å². The quantitative estimate of drug-likeness (QED) is 0.119. The van der Waals surface area contributed by atoms with Gasteiger partial charge in [0.05, 0.1) is 19.8 Å². The number of aliphatic hydroxyl groups excluding tert-OH is 6. The summed E-state index contributed by atoms with van der Waals surface area (Å²) in [4.78, 5) is 12.8. The molecule has 15 nitrogen and oxygen atoms in total. The Kier molecular flexibility index (Phi) is 10.1. The number of ketones is 1. The van der Waals surface area contributed by atoms with Crippen molar-refractivity contribution >= 4 is 11.9 Å². The fourth-order valence-electron chi connectivity index (χ4n) is 4.68. The first-order valence-corrected chi connectivity index (χ1v) is 13.2. The van der Waals surface area contributed by atoms with Gasteiger partial charge < -0.3 is 69.6 Å². The molecule has 4 rings (SSSR count). The van der Waals surface area contributed by atoms with Crippen LogP contribution in [-0.2, 0) is 14.2 Å². The Morgan fingerprint density at radius 3 is 2.14 bits per heavy atom. The molecule has 2 aromatic carbocycles. The molecule has 10 atom stereocenters. The van der Waals surface area contributed by atoms with Crippen LogP contribution in [0.1, 0.15) is 22.8 Å². The number of ether oxygens (including phenoxy) is 5.